The Bertz CT molecular complexity index is 1040. The van der Waals surface area contributed by atoms with Crippen molar-refractivity contribution in [3.8, 4) is 22.6 Å². The van der Waals surface area contributed by atoms with Gasteiger partial charge in [-0.15, -0.1) is 24.8 Å². The lowest BCUT2D eigenvalue weighted by Gasteiger charge is -2.18. The Morgan fingerprint density at radius 2 is 0.943 bits per heavy atom. The SMILES string of the molecule is CCN1CCN=C1c1ccc(-c2ccc(-c3ccc(C4=NCCN4CC)cc3)o2)cc1.Cl.Cl.O.O. The number of nitrogens with zero attached hydrogens (tertiary/aromatic N) is 4. The molecular weight excluding hydrogens is 487 g/mol. The molecule has 0 spiro atoms. The molecule has 0 bridgehead atoms. The summed E-state index contributed by atoms with van der Waals surface area (Å²) < 4.78 is 6.19. The number of furan rings is 1. The zero-order chi connectivity index (χ0) is 21.2. The highest BCUT2D eigenvalue weighted by atomic mass is 35.5. The average molecular weight is 521 g/mol. The summed E-state index contributed by atoms with van der Waals surface area (Å²) in [4.78, 5) is 14.0. The molecule has 7 nitrogen and oxygen atoms in total. The molecule has 0 aliphatic carbocycles. The third kappa shape index (κ3) is 6.05. The number of amidine groups is 2. The predicted molar refractivity (Wildman–Crippen MR) is 149 cm³/mol. The van der Waals surface area contributed by atoms with E-state index in [1.807, 2.05) is 12.1 Å². The molecule has 0 radical (unpaired) electrons. The number of hydrogen-bond acceptors (Lipinski definition) is 5. The van der Waals surface area contributed by atoms with Crippen molar-refractivity contribution in [1.82, 2.24) is 9.80 Å². The van der Waals surface area contributed by atoms with Crippen molar-refractivity contribution in [2.24, 2.45) is 9.98 Å². The zero-order valence-corrected chi connectivity index (χ0v) is 21.7. The van der Waals surface area contributed by atoms with E-state index in [9.17, 15) is 0 Å². The van der Waals surface area contributed by atoms with Gasteiger partial charge in [0, 0.05) is 48.4 Å². The molecule has 0 amide bonds. The van der Waals surface area contributed by atoms with Crippen molar-refractivity contribution >= 4 is 36.5 Å². The quantitative estimate of drug-likeness (QED) is 0.490. The molecule has 0 saturated heterocycles. The van der Waals surface area contributed by atoms with Crippen LogP contribution in [0.4, 0.5) is 0 Å². The number of rotatable bonds is 6. The van der Waals surface area contributed by atoms with E-state index >= 15 is 0 Å². The summed E-state index contributed by atoms with van der Waals surface area (Å²) in [5.74, 6) is 3.96. The largest absolute Gasteiger partial charge is 0.456 e. The number of hydrogen-bond donors (Lipinski definition) is 0. The van der Waals surface area contributed by atoms with Gasteiger partial charge in [0.15, 0.2) is 0 Å². The Morgan fingerprint density at radius 3 is 1.29 bits per heavy atom. The van der Waals surface area contributed by atoms with Crippen LogP contribution in [0.2, 0.25) is 0 Å². The van der Waals surface area contributed by atoms with Gasteiger partial charge < -0.3 is 25.2 Å². The molecular formula is C26H34Cl2N4O3. The van der Waals surface area contributed by atoms with E-state index in [1.165, 1.54) is 11.1 Å². The van der Waals surface area contributed by atoms with Crippen molar-refractivity contribution in [2.45, 2.75) is 13.8 Å². The highest BCUT2D eigenvalue weighted by Gasteiger charge is 2.18. The molecule has 5 rings (SSSR count). The fourth-order valence-electron chi connectivity index (χ4n) is 4.34. The second kappa shape index (κ2) is 13.3. The number of benzene rings is 2. The van der Waals surface area contributed by atoms with Gasteiger partial charge in [-0.25, -0.2) is 0 Å². The summed E-state index contributed by atoms with van der Waals surface area (Å²) in [5, 5.41) is 0. The molecule has 0 unspecified atom stereocenters. The van der Waals surface area contributed by atoms with Gasteiger partial charge in [0.25, 0.3) is 0 Å². The molecule has 2 aliphatic rings. The van der Waals surface area contributed by atoms with Crippen LogP contribution in [-0.4, -0.2) is 71.7 Å². The number of halogens is 2. The Morgan fingerprint density at radius 1 is 0.600 bits per heavy atom. The van der Waals surface area contributed by atoms with Crippen LogP contribution >= 0.6 is 24.8 Å². The minimum atomic E-state index is 0. The summed E-state index contributed by atoms with van der Waals surface area (Å²) in [6.07, 6.45) is 0. The van der Waals surface area contributed by atoms with Crippen LogP contribution in [0.15, 0.2) is 75.1 Å². The van der Waals surface area contributed by atoms with Crippen molar-refractivity contribution in [3.05, 3.63) is 71.8 Å². The van der Waals surface area contributed by atoms with Crippen LogP contribution in [0.5, 0.6) is 0 Å². The fourth-order valence-corrected chi connectivity index (χ4v) is 4.34. The first-order chi connectivity index (χ1) is 15.3. The first-order valence-corrected chi connectivity index (χ1v) is 11.2. The molecule has 0 fully saturated rings. The maximum absolute atomic E-state index is 6.19. The van der Waals surface area contributed by atoms with Gasteiger partial charge in [-0.05, 0) is 26.0 Å². The molecule has 9 heteroatoms. The summed E-state index contributed by atoms with van der Waals surface area (Å²) in [5.41, 5.74) is 4.49. The molecule has 35 heavy (non-hydrogen) atoms. The molecule has 0 saturated carbocycles. The van der Waals surface area contributed by atoms with Crippen LogP contribution in [-0.2, 0) is 0 Å². The minimum absolute atomic E-state index is 0. The fraction of sp³-hybridized carbons (Fsp3) is 0.308. The Labute approximate surface area is 219 Å². The summed E-state index contributed by atoms with van der Waals surface area (Å²) in [7, 11) is 0. The average Bonchev–Trinajstić information content (AvgIpc) is 3.59. The van der Waals surface area contributed by atoms with Crippen LogP contribution in [0.1, 0.15) is 25.0 Å². The van der Waals surface area contributed by atoms with E-state index in [4.69, 9.17) is 4.42 Å². The van der Waals surface area contributed by atoms with Gasteiger partial charge >= 0.3 is 0 Å². The van der Waals surface area contributed by atoms with Gasteiger partial charge in [0.05, 0.1) is 13.1 Å². The van der Waals surface area contributed by atoms with E-state index in [1.54, 1.807) is 0 Å². The van der Waals surface area contributed by atoms with E-state index in [0.29, 0.717) is 0 Å². The molecule has 2 aliphatic heterocycles. The molecule has 3 aromatic rings. The van der Waals surface area contributed by atoms with Crippen LogP contribution < -0.4 is 0 Å². The normalized spacial score (nSPS) is 14.2. The summed E-state index contributed by atoms with van der Waals surface area (Å²) in [6, 6.07) is 21.1. The molecule has 2 aromatic carbocycles. The molecule has 1 aromatic heterocycles. The Kier molecular flexibility index (Phi) is 11.5. The summed E-state index contributed by atoms with van der Waals surface area (Å²) >= 11 is 0. The van der Waals surface area contributed by atoms with Gasteiger partial charge in [0.1, 0.15) is 23.2 Å². The third-order valence-corrected chi connectivity index (χ3v) is 6.09. The smallest absolute Gasteiger partial charge is 0.134 e. The highest BCUT2D eigenvalue weighted by molar-refractivity contribution is 6.00. The second-order valence-electron chi connectivity index (χ2n) is 7.89. The summed E-state index contributed by atoms with van der Waals surface area (Å²) in [6.45, 7) is 10.1. The van der Waals surface area contributed by atoms with Gasteiger partial charge in [-0.1, -0.05) is 48.5 Å². The number of likely N-dealkylation sites (N-methyl/N-ethyl adjacent to an activating group) is 2. The monoisotopic (exact) mass is 520 g/mol. The minimum Gasteiger partial charge on any atom is -0.456 e. The third-order valence-electron chi connectivity index (χ3n) is 6.09. The predicted octanol–water partition coefficient (Wildman–Crippen LogP) is 3.97. The van der Waals surface area contributed by atoms with E-state index < -0.39 is 0 Å². The van der Waals surface area contributed by atoms with Crippen molar-refractivity contribution in [1.29, 1.82) is 0 Å². The molecule has 3 heterocycles. The van der Waals surface area contributed by atoms with E-state index in [0.717, 1.165) is 73.6 Å². The van der Waals surface area contributed by atoms with Gasteiger partial charge in [0.2, 0.25) is 0 Å². The molecule has 190 valence electrons. The zero-order valence-electron chi connectivity index (χ0n) is 20.0. The van der Waals surface area contributed by atoms with Crippen LogP contribution in [0.3, 0.4) is 0 Å². The first kappa shape index (κ1) is 30.2. The van der Waals surface area contributed by atoms with Gasteiger partial charge in [-0.2, -0.15) is 0 Å². The standard InChI is InChI=1S/C26H28N4O.2ClH.2H2O/c1-3-29-17-15-27-25(29)21-9-5-19(6-10-21)23-13-14-24(31-23)20-7-11-22(12-8-20)26-28-16-18-30(26)4-2;;;;/h5-14H,3-4,15-18H2,1-2H3;2*1H;2*1H2. The van der Waals surface area contributed by atoms with Crippen molar-refractivity contribution in [2.75, 3.05) is 39.3 Å². The highest BCUT2D eigenvalue weighted by Crippen LogP contribution is 2.29. The van der Waals surface area contributed by atoms with E-state index in [2.05, 4.69) is 82.2 Å². The Balaban J connectivity index is 0.00000153. The van der Waals surface area contributed by atoms with Gasteiger partial charge in [-0.3, -0.25) is 9.98 Å². The van der Waals surface area contributed by atoms with Crippen molar-refractivity contribution < 1.29 is 15.4 Å². The van der Waals surface area contributed by atoms with Crippen molar-refractivity contribution in [3.63, 3.8) is 0 Å². The maximum Gasteiger partial charge on any atom is 0.134 e. The lowest BCUT2D eigenvalue weighted by molar-refractivity contribution is 0.484. The van der Waals surface area contributed by atoms with Crippen LogP contribution in [0, 0.1) is 0 Å². The maximum atomic E-state index is 6.19. The first-order valence-electron chi connectivity index (χ1n) is 11.2. The van der Waals surface area contributed by atoms with E-state index in [-0.39, 0.29) is 35.8 Å². The topological polar surface area (TPSA) is 107 Å². The second-order valence-corrected chi connectivity index (χ2v) is 7.89. The lowest BCUT2D eigenvalue weighted by atomic mass is 10.1. The molecule has 4 N–H and O–H groups in total. The Hall–Kier alpha value is -2.84. The molecule has 0 atom stereocenters. The number of aliphatic imine (C=N–C) groups is 2. The lowest BCUT2D eigenvalue weighted by Crippen LogP contribution is -2.27. The van der Waals surface area contributed by atoms with Crippen LogP contribution in [0.25, 0.3) is 22.6 Å².